The van der Waals surface area contributed by atoms with Gasteiger partial charge in [0.05, 0.1) is 23.7 Å². The van der Waals surface area contributed by atoms with Gasteiger partial charge in [0.15, 0.2) is 0 Å². The van der Waals surface area contributed by atoms with Gasteiger partial charge in [-0.15, -0.1) is 0 Å². The monoisotopic (exact) mass is 294 g/mol. The molecule has 1 aromatic rings. The number of nitrogens with zero attached hydrogens (tertiary/aromatic N) is 1. The number of aromatic carboxylic acids is 1. The fourth-order valence-corrected chi connectivity index (χ4v) is 1.70. The van der Waals surface area contributed by atoms with Gasteiger partial charge in [-0.1, -0.05) is 12.2 Å². The maximum absolute atomic E-state index is 11.0. The Balaban J connectivity index is 2.83. The quantitative estimate of drug-likeness (QED) is 0.331. The fraction of sp³-hybridized carbons (Fsp3) is 0.357. The predicted octanol–water partition coefficient (Wildman–Crippen LogP) is 2.61. The zero-order chi connectivity index (χ0) is 16.0. The minimum atomic E-state index is -1.21. The molecule has 0 spiro atoms. The van der Waals surface area contributed by atoms with E-state index in [2.05, 4.69) is 11.9 Å². The first-order chi connectivity index (χ1) is 9.82. The minimum absolute atomic E-state index is 0.127. The largest absolute Gasteiger partial charge is 0.478 e. The standard InChI is InChI=1S/C14H18N2O5/c1-9(2)8-21-5-4-15-12-6-11(14(17)18)7-13(10(12)3)16(19)20/h6-7,15H,1,4-5,8H2,2-3H3,(H,17,18). The van der Waals surface area contributed by atoms with Crippen LogP contribution in [0.2, 0.25) is 0 Å². The first-order valence-electron chi connectivity index (χ1n) is 6.31. The zero-order valence-electron chi connectivity index (χ0n) is 12.0. The zero-order valence-corrected chi connectivity index (χ0v) is 12.0. The highest BCUT2D eigenvalue weighted by atomic mass is 16.6. The molecule has 0 fully saturated rings. The maximum atomic E-state index is 11.0. The normalized spacial score (nSPS) is 10.2. The van der Waals surface area contributed by atoms with Crippen LogP contribution >= 0.6 is 0 Å². The smallest absolute Gasteiger partial charge is 0.336 e. The molecular weight excluding hydrogens is 276 g/mol. The number of anilines is 1. The number of ether oxygens (including phenoxy) is 1. The fourth-order valence-electron chi connectivity index (χ4n) is 1.70. The van der Waals surface area contributed by atoms with Crippen molar-refractivity contribution in [1.29, 1.82) is 0 Å². The molecule has 0 amide bonds. The van der Waals surface area contributed by atoms with Gasteiger partial charge in [-0.05, 0) is 19.9 Å². The molecule has 0 saturated heterocycles. The molecular formula is C14H18N2O5. The summed E-state index contributed by atoms with van der Waals surface area (Å²) in [5.74, 6) is -1.21. The summed E-state index contributed by atoms with van der Waals surface area (Å²) >= 11 is 0. The molecule has 7 nitrogen and oxygen atoms in total. The van der Waals surface area contributed by atoms with Crippen LogP contribution in [-0.4, -0.2) is 35.8 Å². The lowest BCUT2D eigenvalue weighted by atomic mass is 10.1. The molecule has 21 heavy (non-hydrogen) atoms. The second-order valence-corrected chi connectivity index (χ2v) is 4.67. The van der Waals surface area contributed by atoms with Gasteiger partial charge in [-0.3, -0.25) is 10.1 Å². The summed E-state index contributed by atoms with van der Waals surface area (Å²) in [6, 6.07) is 2.43. The number of nitrogens with one attached hydrogen (secondary N) is 1. The molecule has 0 unspecified atom stereocenters. The van der Waals surface area contributed by atoms with Crippen LogP contribution < -0.4 is 5.32 Å². The lowest BCUT2D eigenvalue weighted by Gasteiger charge is -2.11. The van der Waals surface area contributed by atoms with E-state index in [1.807, 2.05) is 6.92 Å². The van der Waals surface area contributed by atoms with Crippen molar-refractivity contribution in [3.63, 3.8) is 0 Å². The number of rotatable bonds is 8. The first-order valence-corrected chi connectivity index (χ1v) is 6.31. The van der Waals surface area contributed by atoms with E-state index in [-0.39, 0.29) is 11.3 Å². The third-order valence-corrected chi connectivity index (χ3v) is 2.73. The third kappa shape index (κ3) is 4.88. The Morgan fingerprint density at radius 3 is 2.71 bits per heavy atom. The van der Waals surface area contributed by atoms with Crippen LogP contribution in [0.25, 0.3) is 0 Å². The predicted molar refractivity (Wildman–Crippen MR) is 78.9 cm³/mol. The van der Waals surface area contributed by atoms with E-state index in [0.29, 0.717) is 31.0 Å². The van der Waals surface area contributed by atoms with Gasteiger partial charge in [0.2, 0.25) is 0 Å². The molecule has 0 heterocycles. The van der Waals surface area contributed by atoms with Crippen molar-refractivity contribution < 1.29 is 19.6 Å². The van der Waals surface area contributed by atoms with Crippen LogP contribution in [0, 0.1) is 17.0 Å². The number of carboxylic acids is 1. The second-order valence-electron chi connectivity index (χ2n) is 4.67. The van der Waals surface area contributed by atoms with Crippen molar-refractivity contribution in [2.75, 3.05) is 25.1 Å². The number of nitro groups is 1. The molecule has 0 radical (unpaired) electrons. The van der Waals surface area contributed by atoms with Crippen LogP contribution in [0.5, 0.6) is 0 Å². The summed E-state index contributed by atoms with van der Waals surface area (Å²) in [7, 11) is 0. The summed E-state index contributed by atoms with van der Waals surface area (Å²) in [4.78, 5) is 21.4. The number of hydrogen-bond acceptors (Lipinski definition) is 5. The molecule has 0 atom stereocenters. The number of nitro benzene ring substituents is 1. The van der Waals surface area contributed by atoms with E-state index < -0.39 is 10.9 Å². The maximum Gasteiger partial charge on any atom is 0.336 e. The molecule has 0 aliphatic rings. The summed E-state index contributed by atoms with van der Waals surface area (Å²) in [6.07, 6.45) is 0. The summed E-state index contributed by atoms with van der Waals surface area (Å²) in [5, 5.41) is 22.9. The van der Waals surface area contributed by atoms with E-state index >= 15 is 0 Å². The van der Waals surface area contributed by atoms with Crippen LogP contribution in [0.15, 0.2) is 24.3 Å². The van der Waals surface area contributed by atoms with E-state index in [9.17, 15) is 14.9 Å². The average Bonchev–Trinajstić information content (AvgIpc) is 2.39. The lowest BCUT2D eigenvalue weighted by Crippen LogP contribution is -2.12. The van der Waals surface area contributed by atoms with Crippen LogP contribution in [-0.2, 0) is 4.74 Å². The molecule has 114 valence electrons. The van der Waals surface area contributed by atoms with Gasteiger partial charge in [-0.25, -0.2) is 4.79 Å². The van der Waals surface area contributed by atoms with E-state index in [1.54, 1.807) is 6.92 Å². The average molecular weight is 294 g/mol. The van der Waals surface area contributed by atoms with E-state index in [4.69, 9.17) is 9.84 Å². The molecule has 0 aromatic heterocycles. The van der Waals surface area contributed by atoms with Crippen LogP contribution in [0.3, 0.4) is 0 Å². The molecule has 1 aromatic carbocycles. The Morgan fingerprint density at radius 1 is 1.52 bits per heavy atom. The molecule has 0 bridgehead atoms. The van der Waals surface area contributed by atoms with Crippen molar-refractivity contribution in [3.8, 4) is 0 Å². The third-order valence-electron chi connectivity index (χ3n) is 2.73. The first kappa shape index (κ1) is 16.6. The van der Waals surface area contributed by atoms with E-state index in [0.717, 1.165) is 11.6 Å². The van der Waals surface area contributed by atoms with Gasteiger partial charge in [0.1, 0.15) is 0 Å². The Kier molecular flexibility index (Phi) is 5.86. The van der Waals surface area contributed by atoms with Crippen molar-refractivity contribution >= 4 is 17.3 Å². The summed E-state index contributed by atoms with van der Waals surface area (Å²) in [5.41, 5.74) is 1.36. The Bertz CT molecular complexity index is 569. The van der Waals surface area contributed by atoms with Crippen molar-refractivity contribution in [2.45, 2.75) is 13.8 Å². The topological polar surface area (TPSA) is 102 Å². The van der Waals surface area contributed by atoms with Gasteiger partial charge in [0.25, 0.3) is 5.69 Å². The molecule has 0 saturated carbocycles. The number of hydrogen-bond donors (Lipinski definition) is 2. The lowest BCUT2D eigenvalue weighted by molar-refractivity contribution is -0.385. The van der Waals surface area contributed by atoms with Gasteiger partial charge in [0, 0.05) is 23.9 Å². The van der Waals surface area contributed by atoms with Gasteiger partial charge < -0.3 is 15.2 Å². The van der Waals surface area contributed by atoms with Crippen LogP contribution in [0.4, 0.5) is 11.4 Å². The summed E-state index contributed by atoms with van der Waals surface area (Å²) in [6.45, 7) is 8.35. The molecule has 0 aliphatic heterocycles. The molecule has 2 N–H and O–H groups in total. The van der Waals surface area contributed by atoms with Crippen molar-refractivity contribution in [1.82, 2.24) is 0 Å². The molecule has 7 heteroatoms. The van der Waals surface area contributed by atoms with Gasteiger partial charge in [-0.2, -0.15) is 0 Å². The number of carboxylic acid groups (broad SMARTS) is 1. The molecule has 0 aliphatic carbocycles. The highest BCUT2D eigenvalue weighted by molar-refractivity contribution is 5.90. The molecule has 1 rings (SSSR count). The highest BCUT2D eigenvalue weighted by Gasteiger charge is 2.18. The van der Waals surface area contributed by atoms with Gasteiger partial charge >= 0.3 is 5.97 Å². The van der Waals surface area contributed by atoms with E-state index in [1.165, 1.54) is 6.07 Å². The highest BCUT2D eigenvalue weighted by Crippen LogP contribution is 2.27. The number of benzene rings is 1. The minimum Gasteiger partial charge on any atom is -0.478 e. The Hall–Kier alpha value is -2.41. The van der Waals surface area contributed by atoms with Crippen molar-refractivity contribution in [3.05, 3.63) is 45.5 Å². The Morgan fingerprint density at radius 2 is 2.19 bits per heavy atom. The number of carbonyl (C=O) groups is 1. The van der Waals surface area contributed by atoms with Crippen LogP contribution in [0.1, 0.15) is 22.8 Å². The second kappa shape index (κ2) is 7.39. The SMILES string of the molecule is C=C(C)COCCNc1cc(C(=O)O)cc([N+](=O)[O-])c1C. The summed E-state index contributed by atoms with van der Waals surface area (Å²) < 4.78 is 5.30. The Labute approximate surface area is 122 Å². The van der Waals surface area contributed by atoms with Crippen molar-refractivity contribution in [2.24, 2.45) is 0 Å².